The van der Waals surface area contributed by atoms with Gasteiger partial charge in [0.2, 0.25) is 0 Å². The zero-order valence-electron chi connectivity index (χ0n) is 12.1. The SMILES string of the molecule is CCCNC(C)CCc1c(Br)c(CC)nn1CC. The number of aryl methyl sites for hydroxylation is 2. The number of rotatable bonds is 8. The summed E-state index contributed by atoms with van der Waals surface area (Å²) >= 11 is 3.70. The van der Waals surface area contributed by atoms with Gasteiger partial charge in [-0.3, -0.25) is 4.68 Å². The second kappa shape index (κ2) is 7.95. The van der Waals surface area contributed by atoms with Gasteiger partial charge in [0.15, 0.2) is 0 Å². The molecule has 1 aromatic rings. The van der Waals surface area contributed by atoms with Crippen molar-refractivity contribution in [3.05, 3.63) is 15.9 Å². The maximum absolute atomic E-state index is 4.64. The summed E-state index contributed by atoms with van der Waals surface area (Å²) in [6.45, 7) is 10.8. The molecule has 0 spiro atoms. The second-order valence-corrected chi connectivity index (χ2v) is 5.56. The molecule has 0 aliphatic rings. The minimum Gasteiger partial charge on any atom is -0.314 e. The molecule has 104 valence electrons. The summed E-state index contributed by atoms with van der Waals surface area (Å²) in [4.78, 5) is 0. The third-order valence-electron chi connectivity index (χ3n) is 3.25. The van der Waals surface area contributed by atoms with E-state index >= 15 is 0 Å². The van der Waals surface area contributed by atoms with Crippen LogP contribution in [0.15, 0.2) is 4.47 Å². The average Bonchev–Trinajstić information content (AvgIpc) is 2.69. The van der Waals surface area contributed by atoms with Crippen molar-refractivity contribution in [2.45, 2.75) is 66.0 Å². The van der Waals surface area contributed by atoms with Crippen molar-refractivity contribution in [2.75, 3.05) is 6.54 Å². The summed E-state index contributed by atoms with van der Waals surface area (Å²) in [7, 11) is 0. The van der Waals surface area contributed by atoms with Crippen LogP contribution in [0, 0.1) is 0 Å². The highest BCUT2D eigenvalue weighted by molar-refractivity contribution is 9.10. The summed E-state index contributed by atoms with van der Waals surface area (Å²) in [5.41, 5.74) is 2.53. The van der Waals surface area contributed by atoms with E-state index in [2.05, 4.69) is 58.7 Å². The Morgan fingerprint density at radius 1 is 1.33 bits per heavy atom. The van der Waals surface area contributed by atoms with Crippen molar-refractivity contribution in [1.82, 2.24) is 15.1 Å². The zero-order chi connectivity index (χ0) is 13.5. The van der Waals surface area contributed by atoms with Gasteiger partial charge in [-0.15, -0.1) is 0 Å². The second-order valence-electron chi connectivity index (χ2n) is 4.77. The molecule has 1 unspecified atom stereocenters. The molecule has 18 heavy (non-hydrogen) atoms. The van der Waals surface area contributed by atoms with Crippen molar-refractivity contribution in [2.24, 2.45) is 0 Å². The molecule has 3 nitrogen and oxygen atoms in total. The summed E-state index contributed by atoms with van der Waals surface area (Å²) in [6, 6.07) is 0.571. The molecule has 0 saturated heterocycles. The Labute approximate surface area is 119 Å². The fourth-order valence-electron chi connectivity index (χ4n) is 2.10. The number of nitrogens with one attached hydrogen (secondary N) is 1. The molecule has 1 heterocycles. The molecule has 1 atom stereocenters. The Balaban J connectivity index is 2.63. The van der Waals surface area contributed by atoms with E-state index in [-0.39, 0.29) is 0 Å². The highest BCUT2D eigenvalue weighted by atomic mass is 79.9. The van der Waals surface area contributed by atoms with Crippen LogP contribution in [0.3, 0.4) is 0 Å². The van der Waals surface area contributed by atoms with E-state index in [1.165, 1.54) is 22.3 Å². The Hall–Kier alpha value is -0.350. The third-order valence-corrected chi connectivity index (χ3v) is 4.17. The largest absolute Gasteiger partial charge is 0.314 e. The quantitative estimate of drug-likeness (QED) is 0.795. The van der Waals surface area contributed by atoms with Crippen LogP contribution in [0.25, 0.3) is 0 Å². The number of aromatic nitrogens is 2. The summed E-state index contributed by atoms with van der Waals surface area (Å²) in [5, 5.41) is 8.17. The number of hydrogen-bond donors (Lipinski definition) is 1. The van der Waals surface area contributed by atoms with Crippen molar-refractivity contribution in [3.63, 3.8) is 0 Å². The van der Waals surface area contributed by atoms with Gasteiger partial charge in [-0.25, -0.2) is 0 Å². The minimum absolute atomic E-state index is 0.571. The van der Waals surface area contributed by atoms with E-state index < -0.39 is 0 Å². The standard InChI is InChI=1S/C14H26BrN3/c1-5-10-16-11(4)8-9-13-14(15)12(6-2)17-18(13)7-3/h11,16H,5-10H2,1-4H3. The zero-order valence-corrected chi connectivity index (χ0v) is 13.7. The van der Waals surface area contributed by atoms with Crippen molar-refractivity contribution >= 4 is 15.9 Å². The molecule has 0 aliphatic heterocycles. The van der Waals surface area contributed by atoms with Gasteiger partial charge in [-0.05, 0) is 62.0 Å². The molecular formula is C14H26BrN3. The van der Waals surface area contributed by atoms with Crippen molar-refractivity contribution in [3.8, 4) is 0 Å². The van der Waals surface area contributed by atoms with Crippen LogP contribution < -0.4 is 5.32 Å². The fraction of sp³-hybridized carbons (Fsp3) is 0.786. The topological polar surface area (TPSA) is 29.9 Å². The first kappa shape index (κ1) is 15.7. The first-order valence-electron chi connectivity index (χ1n) is 7.11. The predicted molar refractivity (Wildman–Crippen MR) is 81.1 cm³/mol. The van der Waals surface area contributed by atoms with Crippen LogP contribution >= 0.6 is 15.9 Å². The average molecular weight is 316 g/mol. The van der Waals surface area contributed by atoms with E-state index in [0.29, 0.717) is 6.04 Å². The molecule has 1 N–H and O–H groups in total. The first-order chi connectivity index (χ1) is 8.63. The lowest BCUT2D eigenvalue weighted by atomic mass is 10.1. The van der Waals surface area contributed by atoms with Gasteiger partial charge in [-0.1, -0.05) is 13.8 Å². The molecule has 1 aromatic heterocycles. The van der Waals surface area contributed by atoms with Gasteiger partial charge < -0.3 is 5.32 Å². The van der Waals surface area contributed by atoms with Gasteiger partial charge in [0.25, 0.3) is 0 Å². The van der Waals surface area contributed by atoms with Gasteiger partial charge in [0, 0.05) is 12.6 Å². The highest BCUT2D eigenvalue weighted by Crippen LogP contribution is 2.23. The number of hydrogen-bond acceptors (Lipinski definition) is 2. The molecule has 0 bridgehead atoms. The van der Waals surface area contributed by atoms with E-state index in [1.54, 1.807) is 0 Å². The van der Waals surface area contributed by atoms with Crippen molar-refractivity contribution in [1.29, 1.82) is 0 Å². The minimum atomic E-state index is 0.571. The Morgan fingerprint density at radius 2 is 2.06 bits per heavy atom. The first-order valence-corrected chi connectivity index (χ1v) is 7.90. The van der Waals surface area contributed by atoms with E-state index in [0.717, 1.165) is 32.4 Å². The molecule has 0 amide bonds. The molecular weight excluding hydrogens is 290 g/mol. The summed E-state index contributed by atoms with van der Waals surface area (Å²) in [6.07, 6.45) is 4.43. The lowest BCUT2D eigenvalue weighted by molar-refractivity contribution is 0.499. The van der Waals surface area contributed by atoms with Crippen LogP contribution in [-0.4, -0.2) is 22.4 Å². The number of halogens is 1. The normalized spacial score (nSPS) is 12.9. The van der Waals surface area contributed by atoms with Crippen LogP contribution in [-0.2, 0) is 19.4 Å². The molecule has 0 aromatic carbocycles. The van der Waals surface area contributed by atoms with E-state index in [1.807, 2.05) is 0 Å². The van der Waals surface area contributed by atoms with Gasteiger partial charge >= 0.3 is 0 Å². The van der Waals surface area contributed by atoms with E-state index in [4.69, 9.17) is 0 Å². The Kier molecular flexibility index (Phi) is 6.94. The predicted octanol–water partition coefficient (Wildman–Crippen LogP) is 3.55. The molecule has 0 saturated carbocycles. The molecule has 4 heteroatoms. The van der Waals surface area contributed by atoms with Crippen LogP contribution in [0.4, 0.5) is 0 Å². The molecule has 1 rings (SSSR count). The highest BCUT2D eigenvalue weighted by Gasteiger charge is 2.14. The third kappa shape index (κ3) is 4.09. The fourth-order valence-corrected chi connectivity index (χ4v) is 2.86. The molecule has 0 aliphatic carbocycles. The van der Waals surface area contributed by atoms with Crippen LogP contribution in [0.5, 0.6) is 0 Å². The van der Waals surface area contributed by atoms with Crippen LogP contribution in [0.2, 0.25) is 0 Å². The maximum atomic E-state index is 4.64. The van der Waals surface area contributed by atoms with Gasteiger partial charge in [-0.2, -0.15) is 5.10 Å². The summed E-state index contributed by atoms with van der Waals surface area (Å²) in [5.74, 6) is 0. The Bertz CT molecular complexity index is 360. The Morgan fingerprint density at radius 3 is 2.61 bits per heavy atom. The monoisotopic (exact) mass is 315 g/mol. The van der Waals surface area contributed by atoms with E-state index in [9.17, 15) is 0 Å². The maximum Gasteiger partial charge on any atom is 0.0766 e. The summed E-state index contributed by atoms with van der Waals surface area (Å²) < 4.78 is 3.35. The number of nitrogens with zero attached hydrogens (tertiary/aromatic N) is 2. The van der Waals surface area contributed by atoms with Crippen molar-refractivity contribution < 1.29 is 0 Å². The lowest BCUT2D eigenvalue weighted by Gasteiger charge is -2.13. The smallest absolute Gasteiger partial charge is 0.0766 e. The lowest BCUT2D eigenvalue weighted by Crippen LogP contribution is -2.27. The molecule has 0 fully saturated rings. The van der Waals surface area contributed by atoms with Gasteiger partial charge in [0.05, 0.1) is 15.9 Å². The molecule has 0 radical (unpaired) electrons. The van der Waals surface area contributed by atoms with Gasteiger partial charge in [0.1, 0.15) is 0 Å². The van der Waals surface area contributed by atoms with Crippen LogP contribution in [0.1, 0.15) is 51.9 Å².